The zero-order chi connectivity index (χ0) is 18.2. The molecule has 0 fully saturated rings. The Labute approximate surface area is 148 Å². The largest absolute Gasteiger partial charge is 0.494 e. The Balaban J connectivity index is 2.06. The Hall–Kier alpha value is -2.82. The molecule has 5 nitrogen and oxygen atoms in total. The van der Waals surface area contributed by atoms with E-state index < -0.39 is 0 Å². The minimum absolute atomic E-state index is 0.214. The van der Waals surface area contributed by atoms with E-state index in [2.05, 4.69) is 5.32 Å². The van der Waals surface area contributed by atoms with Crippen molar-refractivity contribution in [2.45, 2.75) is 27.2 Å². The van der Waals surface area contributed by atoms with Crippen LogP contribution in [-0.2, 0) is 4.74 Å². The molecule has 0 spiro atoms. The smallest absolute Gasteiger partial charge is 0.338 e. The summed E-state index contributed by atoms with van der Waals surface area (Å²) in [5.74, 6) is 0.161. The molecule has 0 aromatic heterocycles. The minimum Gasteiger partial charge on any atom is -0.494 e. The Morgan fingerprint density at radius 3 is 2.28 bits per heavy atom. The van der Waals surface area contributed by atoms with Crippen LogP contribution in [0.4, 0.5) is 5.69 Å². The van der Waals surface area contributed by atoms with Crippen molar-refractivity contribution < 1.29 is 19.1 Å². The lowest BCUT2D eigenvalue weighted by Crippen LogP contribution is -2.13. The molecule has 0 saturated carbocycles. The van der Waals surface area contributed by atoms with Crippen molar-refractivity contribution >= 4 is 17.6 Å². The molecule has 0 radical (unpaired) electrons. The summed E-state index contributed by atoms with van der Waals surface area (Å²) in [6, 6.07) is 12.1. The van der Waals surface area contributed by atoms with Crippen molar-refractivity contribution in [2.75, 3.05) is 18.5 Å². The summed E-state index contributed by atoms with van der Waals surface area (Å²) in [5, 5.41) is 2.86. The third-order valence-electron chi connectivity index (χ3n) is 3.58. The summed E-state index contributed by atoms with van der Waals surface area (Å²) in [6.07, 6.45) is 0.934. The third-order valence-corrected chi connectivity index (χ3v) is 3.58. The van der Waals surface area contributed by atoms with E-state index >= 15 is 0 Å². The van der Waals surface area contributed by atoms with Gasteiger partial charge in [0.15, 0.2) is 0 Å². The number of esters is 1. The molecule has 0 bridgehead atoms. The highest BCUT2D eigenvalue weighted by molar-refractivity contribution is 6.05. The van der Waals surface area contributed by atoms with Crippen LogP contribution >= 0.6 is 0 Å². The van der Waals surface area contributed by atoms with Gasteiger partial charge in [-0.3, -0.25) is 4.79 Å². The van der Waals surface area contributed by atoms with E-state index in [9.17, 15) is 9.59 Å². The van der Waals surface area contributed by atoms with Crippen LogP contribution in [0, 0.1) is 6.92 Å². The highest BCUT2D eigenvalue weighted by Crippen LogP contribution is 2.19. The number of hydrogen-bond acceptors (Lipinski definition) is 4. The topological polar surface area (TPSA) is 64.6 Å². The fourth-order valence-electron chi connectivity index (χ4n) is 2.26. The molecule has 1 amide bonds. The summed E-state index contributed by atoms with van der Waals surface area (Å²) in [7, 11) is 0. The first-order valence-electron chi connectivity index (χ1n) is 8.37. The molecule has 2 rings (SSSR count). The third kappa shape index (κ3) is 5.08. The quantitative estimate of drug-likeness (QED) is 0.766. The van der Waals surface area contributed by atoms with Gasteiger partial charge in [-0.05, 0) is 68.3 Å². The van der Waals surface area contributed by atoms with Gasteiger partial charge in [0.05, 0.1) is 18.8 Å². The standard InChI is InChI=1S/C20H23NO4/c1-4-12-25-17-9-6-15(7-10-17)19(22)21-18-11-8-16(13-14(18)3)20(23)24-5-2/h6-11,13H,4-5,12H2,1-3H3,(H,21,22). The second-order valence-electron chi connectivity index (χ2n) is 5.58. The maximum Gasteiger partial charge on any atom is 0.338 e. The summed E-state index contributed by atoms with van der Waals surface area (Å²) < 4.78 is 10.5. The van der Waals surface area contributed by atoms with Crippen LogP contribution in [0.25, 0.3) is 0 Å². The van der Waals surface area contributed by atoms with Crippen LogP contribution < -0.4 is 10.1 Å². The van der Waals surface area contributed by atoms with Crippen LogP contribution in [0.2, 0.25) is 0 Å². The van der Waals surface area contributed by atoms with Gasteiger partial charge in [0.25, 0.3) is 5.91 Å². The fourth-order valence-corrected chi connectivity index (χ4v) is 2.26. The molecule has 0 unspecified atom stereocenters. The molecule has 0 aliphatic carbocycles. The summed E-state index contributed by atoms with van der Waals surface area (Å²) in [5.41, 5.74) is 2.46. The number of ether oxygens (including phenoxy) is 2. The molecule has 25 heavy (non-hydrogen) atoms. The Kier molecular flexibility index (Phi) is 6.57. The summed E-state index contributed by atoms with van der Waals surface area (Å²) in [6.45, 7) is 6.61. The van der Waals surface area contributed by atoms with Gasteiger partial charge >= 0.3 is 5.97 Å². The number of carbonyl (C=O) groups is 2. The fraction of sp³-hybridized carbons (Fsp3) is 0.300. The molecule has 132 valence electrons. The molecule has 2 aromatic carbocycles. The predicted octanol–water partition coefficient (Wildman–Crippen LogP) is 4.21. The normalized spacial score (nSPS) is 10.2. The molecular weight excluding hydrogens is 318 g/mol. The van der Waals surface area contributed by atoms with E-state index in [1.54, 1.807) is 49.4 Å². The number of amides is 1. The van der Waals surface area contributed by atoms with Gasteiger partial charge in [-0.1, -0.05) is 6.92 Å². The minimum atomic E-state index is -0.369. The van der Waals surface area contributed by atoms with Crippen LogP contribution in [0.15, 0.2) is 42.5 Å². The molecule has 1 N–H and O–H groups in total. The number of anilines is 1. The van der Waals surface area contributed by atoms with E-state index in [0.717, 1.165) is 17.7 Å². The van der Waals surface area contributed by atoms with Crippen molar-refractivity contribution in [3.8, 4) is 5.75 Å². The molecule has 0 saturated heterocycles. The number of aryl methyl sites for hydroxylation is 1. The second-order valence-corrected chi connectivity index (χ2v) is 5.58. The Morgan fingerprint density at radius 1 is 1.00 bits per heavy atom. The first-order chi connectivity index (χ1) is 12.0. The van der Waals surface area contributed by atoms with E-state index in [0.29, 0.717) is 30.0 Å². The van der Waals surface area contributed by atoms with Crippen molar-refractivity contribution in [1.82, 2.24) is 0 Å². The van der Waals surface area contributed by atoms with Crippen molar-refractivity contribution in [3.63, 3.8) is 0 Å². The number of carbonyl (C=O) groups excluding carboxylic acids is 2. The van der Waals surface area contributed by atoms with Crippen molar-refractivity contribution in [2.24, 2.45) is 0 Å². The number of rotatable bonds is 7. The van der Waals surface area contributed by atoms with Gasteiger partial charge in [-0.2, -0.15) is 0 Å². The van der Waals surface area contributed by atoms with Crippen LogP contribution in [0.5, 0.6) is 5.75 Å². The van der Waals surface area contributed by atoms with E-state index in [4.69, 9.17) is 9.47 Å². The molecular formula is C20H23NO4. The SMILES string of the molecule is CCCOc1ccc(C(=O)Nc2ccc(C(=O)OCC)cc2C)cc1. The van der Waals surface area contributed by atoms with Gasteiger partial charge in [-0.25, -0.2) is 4.79 Å². The number of hydrogen-bond donors (Lipinski definition) is 1. The first-order valence-corrected chi connectivity index (χ1v) is 8.37. The van der Waals surface area contributed by atoms with Gasteiger partial charge in [0, 0.05) is 11.3 Å². The average molecular weight is 341 g/mol. The van der Waals surface area contributed by atoms with E-state index in [1.807, 2.05) is 13.8 Å². The van der Waals surface area contributed by atoms with Gasteiger partial charge in [-0.15, -0.1) is 0 Å². The lowest BCUT2D eigenvalue weighted by molar-refractivity contribution is 0.0526. The van der Waals surface area contributed by atoms with Crippen molar-refractivity contribution in [3.05, 3.63) is 59.2 Å². The van der Waals surface area contributed by atoms with Gasteiger partial charge in [0.1, 0.15) is 5.75 Å². The number of benzene rings is 2. The highest BCUT2D eigenvalue weighted by atomic mass is 16.5. The lowest BCUT2D eigenvalue weighted by Gasteiger charge is -2.11. The molecule has 5 heteroatoms. The first kappa shape index (κ1) is 18.5. The maximum atomic E-state index is 12.4. The van der Waals surface area contributed by atoms with Crippen molar-refractivity contribution in [1.29, 1.82) is 0 Å². The summed E-state index contributed by atoms with van der Waals surface area (Å²) >= 11 is 0. The molecule has 2 aromatic rings. The molecule has 0 aliphatic heterocycles. The summed E-state index contributed by atoms with van der Waals surface area (Å²) in [4.78, 5) is 24.1. The van der Waals surface area contributed by atoms with E-state index in [-0.39, 0.29) is 11.9 Å². The molecule has 0 atom stereocenters. The lowest BCUT2D eigenvalue weighted by atomic mass is 10.1. The maximum absolute atomic E-state index is 12.4. The monoisotopic (exact) mass is 341 g/mol. The molecule has 0 heterocycles. The van der Waals surface area contributed by atoms with Crippen LogP contribution in [-0.4, -0.2) is 25.1 Å². The highest BCUT2D eigenvalue weighted by Gasteiger charge is 2.11. The van der Waals surface area contributed by atoms with Crippen LogP contribution in [0.1, 0.15) is 46.5 Å². The van der Waals surface area contributed by atoms with Gasteiger partial charge < -0.3 is 14.8 Å². The zero-order valence-corrected chi connectivity index (χ0v) is 14.8. The van der Waals surface area contributed by atoms with E-state index in [1.165, 1.54) is 0 Å². The molecule has 0 aliphatic rings. The second kappa shape index (κ2) is 8.87. The Morgan fingerprint density at radius 2 is 1.68 bits per heavy atom. The zero-order valence-electron chi connectivity index (χ0n) is 14.8. The average Bonchev–Trinajstić information content (AvgIpc) is 2.62. The van der Waals surface area contributed by atoms with Gasteiger partial charge in [0.2, 0.25) is 0 Å². The number of nitrogens with one attached hydrogen (secondary N) is 1. The predicted molar refractivity (Wildman–Crippen MR) is 97.3 cm³/mol. The Bertz CT molecular complexity index is 738. The van der Waals surface area contributed by atoms with Crippen LogP contribution in [0.3, 0.4) is 0 Å².